The average molecular weight is 295 g/mol. The molecule has 3 N–H and O–H groups in total. The zero-order chi connectivity index (χ0) is 14.9. The van der Waals surface area contributed by atoms with Crippen LogP contribution in [-0.4, -0.2) is 13.4 Å². The summed E-state index contributed by atoms with van der Waals surface area (Å²) in [5, 5.41) is 0. The largest absolute Gasteiger partial charge is 0.399 e. The van der Waals surface area contributed by atoms with Gasteiger partial charge in [-0.3, -0.25) is 9.71 Å². The lowest BCUT2D eigenvalue weighted by Crippen LogP contribution is -2.14. The van der Waals surface area contributed by atoms with Gasteiger partial charge in [0, 0.05) is 11.9 Å². The first-order chi connectivity index (χ1) is 9.29. The molecule has 0 spiro atoms. The Bertz CT molecular complexity index is 760. The second kappa shape index (κ2) is 5.09. The van der Waals surface area contributed by atoms with Crippen molar-refractivity contribution in [3.8, 4) is 0 Å². The maximum absolute atomic E-state index is 13.1. The van der Waals surface area contributed by atoms with E-state index in [1.807, 2.05) is 0 Å². The van der Waals surface area contributed by atoms with E-state index < -0.39 is 15.8 Å². The highest BCUT2D eigenvalue weighted by atomic mass is 32.2. The SMILES string of the molecule is Cc1cc(NS(=O)(=O)c2cncc(F)c2)c(C)cc1N. The van der Waals surface area contributed by atoms with E-state index >= 15 is 0 Å². The lowest BCUT2D eigenvalue weighted by atomic mass is 10.1. The van der Waals surface area contributed by atoms with E-state index in [1.165, 1.54) is 0 Å². The molecule has 0 aliphatic carbocycles. The number of hydrogen-bond donors (Lipinski definition) is 2. The fourth-order valence-corrected chi connectivity index (χ4v) is 2.79. The zero-order valence-electron chi connectivity index (χ0n) is 11.0. The van der Waals surface area contributed by atoms with E-state index in [9.17, 15) is 12.8 Å². The molecule has 20 heavy (non-hydrogen) atoms. The smallest absolute Gasteiger partial charge is 0.263 e. The predicted molar refractivity (Wildman–Crippen MR) is 75.3 cm³/mol. The van der Waals surface area contributed by atoms with Gasteiger partial charge in [-0.05, 0) is 43.2 Å². The van der Waals surface area contributed by atoms with Gasteiger partial charge >= 0.3 is 0 Å². The fourth-order valence-electron chi connectivity index (χ4n) is 1.69. The molecule has 1 aromatic carbocycles. The van der Waals surface area contributed by atoms with Crippen LogP contribution in [0.15, 0.2) is 35.5 Å². The molecule has 0 radical (unpaired) electrons. The number of sulfonamides is 1. The van der Waals surface area contributed by atoms with Gasteiger partial charge in [0.05, 0.1) is 11.9 Å². The van der Waals surface area contributed by atoms with Crippen LogP contribution in [0.3, 0.4) is 0 Å². The lowest BCUT2D eigenvalue weighted by Gasteiger charge is -2.12. The number of rotatable bonds is 3. The third-order valence-electron chi connectivity index (χ3n) is 2.85. The van der Waals surface area contributed by atoms with E-state index in [0.717, 1.165) is 24.0 Å². The van der Waals surface area contributed by atoms with Gasteiger partial charge in [-0.1, -0.05) is 0 Å². The van der Waals surface area contributed by atoms with Gasteiger partial charge in [0.2, 0.25) is 0 Å². The highest BCUT2D eigenvalue weighted by Crippen LogP contribution is 2.24. The summed E-state index contributed by atoms with van der Waals surface area (Å²) in [6, 6.07) is 4.22. The van der Waals surface area contributed by atoms with Crippen molar-refractivity contribution in [3.05, 3.63) is 47.5 Å². The second-order valence-corrected chi connectivity index (χ2v) is 6.15. The molecule has 7 heteroatoms. The Hall–Kier alpha value is -2.15. The van der Waals surface area contributed by atoms with Crippen molar-refractivity contribution in [2.75, 3.05) is 10.5 Å². The fraction of sp³-hybridized carbons (Fsp3) is 0.154. The van der Waals surface area contributed by atoms with Crippen LogP contribution in [0.2, 0.25) is 0 Å². The van der Waals surface area contributed by atoms with Crippen LogP contribution in [0.25, 0.3) is 0 Å². The predicted octanol–water partition coefficient (Wildman–Crippen LogP) is 2.22. The molecular weight excluding hydrogens is 281 g/mol. The molecule has 0 fully saturated rings. The van der Waals surface area contributed by atoms with Crippen molar-refractivity contribution in [1.29, 1.82) is 0 Å². The van der Waals surface area contributed by atoms with Crippen molar-refractivity contribution in [2.45, 2.75) is 18.7 Å². The van der Waals surface area contributed by atoms with Gasteiger partial charge in [-0.15, -0.1) is 0 Å². The summed E-state index contributed by atoms with van der Waals surface area (Å²) >= 11 is 0. The minimum absolute atomic E-state index is 0.230. The third kappa shape index (κ3) is 2.88. The van der Waals surface area contributed by atoms with Gasteiger partial charge in [-0.25, -0.2) is 12.8 Å². The molecule has 0 aliphatic rings. The highest BCUT2D eigenvalue weighted by Gasteiger charge is 2.17. The Labute approximate surface area is 116 Å². The van der Waals surface area contributed by atoms with Crippen LogP contribution in [0.4, 0.5) is 15.8 Å². The van der Waals surface area contributed by atoms with Crippen molar-refractivity contribution < 1.29 is 12.8 Å². The van der Waals surface area contributed by atoms with Crippen molar-refractivity contribution in [2.24, 2.45) is 0 Å². The molecule has 1 heterocycles. The minimum Gasteiger partial charge on any atom is -0.399 e. The number of aromatic nitrogens is 1. The van der Waals surface area contributed by atoms with Gasteiger partial charge in [0.15, 0.2) is 0 Å². The number of halogens is 1. The number of hydrogen-bond acceptors (Lipinski definition) is 4. The zero-order valence-corrected chi connectivity index (χ0v) is 11.8. The number of aryl methyl sites for hydroxylation is 2. The molecule has 0 saturated heterocycles. The van der Waals surface area contributed by atoms with E-state index in [2.05, 4.69) is 9.71 Å². The van der Waals surface area contributed by atoms with Crippen LogP contribution >= 0.6 is 0 Å². The summed E-state index contributed by atoms with van der Waals surface area (Å²) in [5.74, 6) is -0.710. The van der Waals surface area contributed by atoms with E-state index in [1.54, 1.807) is 26.0 Å². The minimum atomic E-state index is -3.88. The summed E-state index contributed by atoms with van der Waals surface area (Å²) in [4.78, 5) is 3.30. The number of benzene rings is 1. The van der Waals surface area contributed by atoms with Gasteiger partial charge in [0.25, 0.3) is 10.0 Å². The maximum atomic E-state index is 13.1. The van der Waals surface area contributed by atoms with E-state index in [0.29, 0.717) is 16.9 Å². The molecule has 0 aliphatic heterocycles. The summed E-state index contributed by atoms with van der Waals surface area (Å²) in [5.41, 5.74) is 8.17. The van der Waals surface area contributed by atoms with E-state index in [4.69, 9.17) is 5.73 Å². The molecular formula is C13H14FN3O2S. The number of nitrogen functional groups attached to an aromatic ring is 1. The molecule has 2 aromatic rings. The van der Waals surface area contributed by atoms with Crippen LogP contribution in [0.1, 0.15) is 11.1 Å². The number of anilines is 2. The van der Waals surface area contributed by atoms with Crippen LogP contribution in [0, 0.1) is 19.7 Å². The molecule has 5 nitrogen and oxygen atoms in total. The van der Waals surface area contributed by atoms with Crippen molar-refractivity contribution in [3.63, 3.8) is 0 Å². The summed E-state index contributed by atoms with van der Waals surface area (Å²) in [6.45, 7) is 3.51. The first-order valence-corrected chi connectivity index (χ1v) is 7.28. The Balaban J connectivity index is 2.41. The molecule has 0 saturated carbocycles. The monoisotopic (exact) mass is 295 g/mol. The average Bonchev–Trinajstić information content (AvgIpc) is 2.36. The molecule has 0 bridgehead atoms. The van der Waals surface area contributed by atoms with Gasteiger partial charge < -0.3 is 5.73 Å². The Morgan fingerprint density at radius 3 is 2.50 bits per heavy atom. The maximum Gasteiger partial charge on any atom is 0.263 e. The quantitative estimate of drug-likeness (QED) is 0.850. The third-order valence-corrected chi connectivity index (χ3v) is 4.18. The van der Waals surface area contributed by atoms with E-state index in [-0.39, 0.29) is 4.90 Å². The summed E-state index contributed by atoms with van der Waals surface area (Å²) < 4.78 is 39.8. The number of nitrogens with one attached hydrogen (secondary N) is 1. The first kappa shape index (κ1) is 14.3. The van der Waals surface area contributed by atoms with Crippen LogP contribution in [-0.2, 0) is 10.0 Å². The second-order valence-electron chi connectivity index (χ2n) is 4.47. The Morgan fingerprint density at radius 1 is 1.15 bits per heavy atom. The lowest BCUT2D eigenvalue weighted by molar-refractivity contribution is 0.592. The topological polar surface area (TPSA) is 85.1 Å². The van der Waals surface area contributed by atoms with Crippen molar-refractivity contribution >= 4 is 21.4 Å². The normalized spacial score (nSPS) is 11.3. The van der Waals surface area contributed by atoms with Crippen LogP contribution in [0.5, 0.6) is 0 Å². The number of nitrogens with zero attached hydrogens (tertiary/aromatic N) is 1. The van der Waals surface area contributed by atoms with Gasteiger partial charge in [0.1, 0.15) is 10.7 Å². The Morgan fingerprint density at radius 2 is 1.85 bits per heavy atom. The summed E-state index contributed by atoms with van der Waals surface area (Å²) in [7, 11) is -3.88. The molecule has 0 atom stereocenters. The molecule has 0 amide bonds. The molecule has 2 rings (SSSR count). The molecule has 1 aromatic heterocycles. The van der Waals surface area contributed by atoms with Crippen molar-refractivity contribution in [1.82, 2.24) is 4.98 Å². The van der Waals surface area contributed by atoms with Crippen LogP contribution < -0.4 is 10.5 Å². The molecule has 106 valence electrons. The van der Waals surface area contributed by atoms with Gasteiger partial charge in [-0.2, -0.15) is 0 Å². The highest BCUT2D eigenvalue weighted by molar-refractivity contribution is 7.92. The molecule has 0 unspecified atom stereocenters. The first-order valence-electron chi connectivity index (χ1n) is 5.80. The Kier molecular flexibility index (Phi) is 3.63. The standard InChI is InChI=1S/C13H14FN3O2S/c1-8-4-13(9(2)3-12(8)15)17-20(18,19)11-5-10(14)6-16-7-11/h3-7,17H,15H2,1-2H3. The number of pyridine rings is 1. The number of nitrogens with two attached hydrogens (primary N) is 1. The summed E-state index contributed by atoms with van der Waals surface area (Å²) in [6.07, 6.45) is 2.03.